The van der Waals surface area contributed by atoms with Gasteiger partial charge in [0.25, 0.3) is 0 Å². The molecule has 6 heteroatoms. The summed E-state index contributed by atoms with van der Waals surface area (Å²) >= 11 is 0. The van der Waals surface area contributed by atoms with Crippen molar-refractivity contribution in [2.75, 3.05) is 10.6 Å². The Morgan fingerprint density at radius 2 is 1.07 bits per heavy atom. The third-order valence-electron chi connectivity index (χ3n) is 3.49. The summed E-state index contributed by atoms with van der Waals surface area (Å²) in [5.74, 6) is 0.539. The van der Waals surface area contributed by atoms with Crippen LogP contribution in [0.3, 0.4) is 0 Å². The van der Waals surface area contributed by atoms with Gasteiger partial charge < -0.3 is 9.47 Å². The van der Waals surface area contributed by atoms with Gasteiger partial charge in [0.1, 0.15) is 11.5 Å². The zero-order valence-electron chi connectivity index (χ0n) is 14.6. The molecule has 0 bridgehead atoms. The van der Waals surface area contributed by atoms with Gasteiger partial charge in [-0.3, -0.25) is 10.6 Å². The van der Waals surface area contributed by atoms with E-state index in [-0.39, 0.29) is 11.5 Å². The van der Waals surface area contributed by atoms with Crippen molar-refractivity contribution in [3.63, 3.8) is 0 Å². The number of carbonyl (C=O) groups excluding carboxylic acids is 2. The molecule has 0 aromatic heterocycles. The van der Waals surface area contributed by atoms with E-state index in [1.165, 1.54) is 6.07 Å². The van der Waals surface area contributed by atoms with Gasteiger partial charge in [-0.05, 0) is 48.9 Å². The first-order valence-electron chi connectivity index (χ1n) is 8.28. The molecule has 6 nitrogen and oxygen atoms in total. The Kier molecular flexibility index (Phi) is 5.69. The minimum absolute atomic E-state index is 0.269. The number of anilines is 2. The Balaban J connectivity index is 1.63. The standard InChI is InChI=1S/C21H18N2O4/c1-15-12-18(26-20(24)22-16-8-4-2-5-9-16)14-19(13-15)27-21(25)23-17-10-6-3-7-11-17/h2-14H,1H3,(H,22,24)(H,23,25). The lowest BCUT2D eigenvalue weighted by Gasteiger charge is -2.10. The predicted octanol–water partition coefficient (Wildman–Crippen LogP) is 5.22. The molecule has 0 unspecified atom stereocenters. The lowest BCUT2D eigenvalue weighted by molar-refractivity contribution is 0.213. The molecular weight excluding hydrogens is 344 g/mol. The number of para-hydroxylation sites is 2. The normalized spacial score (nSPS) is 9.96. The van der Waals surface area contributed by atoms with Crippen LogP contribution in [0.15, 0.2) is 78.9 Å². The second-order valence-electron chi connectivity index (χ2n) is 5.74. The Labute approximate surface area is 156 Å². The summed E-state index contributed by atoms with van der Waals surface area (Å²) in [7, 11) is 0. The summed E-state index contributed by atoms with van der Waals surface area (Å²) in [5.41, 5.74) is 2.02. The van der Waals surface area contributed by atoms with Crippen molar-refractivity contribution in [3.8, 4) is 11.5 Å². The number of aryl methyl sites for hydroxylation is 1. The summed E-state index contributed by atoms with van der Waals surface area (Å²) in [6.45, 7) is 1.81. The van der Waals surface area contributed by atoms with Crippen LogP contribution in [0.25, 0.3) is 0 Å². The van der Waals surface area contributed by atoms with E-state index in [9.17, 15) is 9.59 Å². The average molecular weight is 362 g/mol. The number of hydrogen-bond acceptors (Lipinski definition) is 4. The van der Waals surface area contributed by atoms with Crippen molar-refractivity contribution in [1.29, 1.82) is 0 Å². The van der Waals surface area contributed by atoms with E-state index in [0.717, 1.165) is 5.56 Å². The van der Waals surface area contributed by atoms with Crippen molar-refractivity contribution < 1.29 is 19.1 Å². The maximum atomic E-state index is 12.0. The fourth-order valence-electron chi connectivity index (χ4n) is 2.38. The molecule has 0 saturated carbocycles. The number of rotatable bonds is 4. The van der Waals surface area contributed by atoms with Gasteiger partial charge in [-0.25, -0.2) is 9.59 Å². The maximum absolute atomic E-state index is 12.0. The van der Waals surface area contributed by atoms with E-state index in [1.54, 1.807) is 60.7 Å². The molecule has 27 heavy (non-hydrogen) atoms. The fraction of sp³-hybridized carbons (Fsp3) is 0.0476. The van der Waals surface area contributed by atoms with Gasteiger partial charge in [0.15, 0.2) is 0 Å². The van der Waals surface area contributed by atoms with Gasteiger partial charge in [-0.2, -0.15) is 0 Å². The van der Waals surface area contributed by atoms with Crippen LogP contribution in [-0.4, -0.2) is 12.2 Å². The smallest absolute Gasteiger partial charge is 0.410 e. The first-order chi connectivity index (χ1) is 13.1. The molecule has 0 spiro atoms. The summed E-state index contributed by atoms with van der Waals surface area (Å²) in [6.07, 6.45) is -1.27. The highest BCUT2D eigenvalue weighted by atomic mass is 16.6. The third kappa shape index (κ3) is 5.61. The van der Waals surface area contributed by atoms with Gasteiger partial charge in [-0.15, -0.1) is 0 Å². The number of hydrogen-bond donors (Lipinski definition) is 2. The van der Waals surface area contributed by atoms with Gasteiger partial charge in [0, 0.05) is 17.4 Å². The van der Waals surface area contributed by atoms with Crippen LogP contribution >= 0.6 is 0 Å². The molecule has 0 radical (unpaired) electrons. The zero-order chi connectivity index (χ0) is 19.1. The molecule has 0 atom stereocenters. The molecule has 3 aromatic carbocycles. The average Bonchev–Trinajstić information content (AvgIpc) is 2.62. The summed E-state index contributed by atoms with van der Waals surface area (Å²) in [5, 5.41) is 5.24. The third-order valence-corrected chi connectivity index (χ3v) is 3.49. The maximum Gasteiger partial charge on any atom is 0.417 e. The largest absolute Gasteiger partial charge is 0.417 e. The molecule has 3 aromatic rings. The van der Waals surface area contributed by atoms with E-state index in [0.29, 0.717) is 11.4 Å². The molecule has 2 N–H and O–H groups in total. The summed E-state index contributed by atoms with van der Waals surface area (Å²) < 4.78 is 10.6. The highest BCUT2D eigenvalue weighted by Gasteiger charge is 2.10. The molecule has 136 valence electrons. The second kappa shape index (κ2) is 8.53. The van der Waals surface area contributed by atoms with E-state index in [4.69, 9.17) is 9.47 Å². The second-order valence-corrected chi connectivity index (χ2v) is 5.74. The number of benzene rings is 3. The number of nitrogens with one attached hydrogen (secondary N) is 2. The Hall–Kier alpha value is -3.80. The van der Waals surface area contributed by atoms with E-state index >= 15 is 0 Å². The highest BCUT2D eigenvalue weighted by molar-refractivity contribution is 5.87. The topological polar surface area (TPSA) is 76.7 Å². The molecule has 3 rings (SSSR count). The van der Waals surface area contributed by atoms with Crippen LogP contribution in [0.4, 0.5) is 21.0 Å². The van der Waals surface area contributed by atoms with Crippen molar-refractivity contribution >= 4 is 23.6 Å². The van der Waals surface area contributed by atoms with Crippen LogP contribution in [0, 0.1) is 6.92 Å². The van der Waals surface area contributed by atoms with Gasteiger partial charge >= 0.3 is 12.2 Å². The van der Waals surface area contributed by atoms with Gasteiger partial charge in [0.2, 0.25) is 0 Å². The lowest BCUT2D eigenvalue weighted by atomic mass is 10.2. The molecule has 0 fully saturated rings. The molecule has 0 aliphatic rings. The van der Waals surface area contributed by atoms with Crippen LogP contribution in [-0.2, 0) is 0 Å². The molecule has 0 aliphatic carbocycles. The minimum Gasteiger partial charge on any atom is -0.410 e. The van der Waals surface area contributed by atoms with Crippen molar-refractivity contribution in [2.45, 2.75) is 6.92 Å². The molecule has 0 heterocycles. The Morgan fingerprint density at radius 1 is 0.667 bits per heavy atom. The zero-order valence-corrected chi connectivity index (χ0v) is 14.6. The predicted molar refractivity (Wildman–Crippen MR) is 103 cm³/mol. The quantitative estimate of drug-likeness (QED) is 0.667. The summed E-state index contributed by atoms with van der Waals surface area (Å²) in [4.78, 5) is 24.0. The van der Waals surface area contributed by atoms with Crippen LogP contribution < -0.4 is 20.1 Å². The fourth-order valence-corrected chi connectivity index (χ4v) is 2.38. The van der Waals surface area contributed by atoms with Crippen LogP contribution in [0.2, 0.25) is 0 Å². The van der Waals surface area contributed by atoms with Crippen molar-refractivity contribution in [2.24, 2.45) is 0 Å². The lowest BCUT2D eigenvalue weighted by Crippen LogP contribution is -2.18. The van der Waals surface area contributed by atoms with E-state index in [2.05, 4.69) is 10.6 Å². The number of ether oxygens (including phenoxy) is 2. The number of amides is 2. The Bertz CT molecular complexity index is 854. The highest BCUT2D eigenvalue weighted by Crippen LogP contribution is 2.23. The van der Waals surface area contributed by atoms with Gasteiger partial charge in [-0.1, -0.05) is 36.4 Å². The monoisotopic (exact) mass is 362 g/mol. The van der Waals surface area contributed by atoms with Crippen molar-refractivity contribution in [3.05, 3.63) is 84.4 Å². The molecule has 2 amide bonds. The SMILES string of the molecule is Cc1cc(OC(=O)Nc2ccccc2)cc(OC(=O)Nc2ccccc2)c1. The first-order valence-corrected chi connectivity index (χ1v) is 8.28. The van der Waals surface area contributed by atoms with Crippen LogP contribution in [0.5, 0.6) is 11.5 Å². The van der Waals surface area contributed by atoms with Crippen LogP contribution in [0.1, 0.15) is 5.56 Å². The Morgan fingerprint density at radius 3 is 1.48 bits per heavy atom. The van der Waals surface area contributed by atoms with Gasteiger partial charge in [0.05, 0.1) is 0 Å². The molecule has 0 saturated heterocycles. The molecule has 0 aliphatic heterocycles. The summed E-state index contributed by atoms with van der Waals surface area (Å²) in [6, 6.07) is 22.7. The minimum atomic E-state index is -0.633. The van der Waals surface area contributed by atoms with Crippen molar-refractivity contribution in [1.82, 2.24) is 0 Å². The number of carbonyl (C=O) groups is 2. The van der Waals surface area contributed by atoms with E-state index < -0.39 is 12.2 Å². The molecular formula is C21H18N2O4. The first kappa shape index (κ1) is 18.0. The van der Waals surface area contributed by atoms with E-state index in [1.807, 2.05) is 19.1 Å².